The minimum Gasteiger partial charge on any atom is -0.493 e. The number of rotatable bonds is 5. The van der Waals surface area contributed by atoms with Gasteiger partial charge in [0.2, 0.25) is 0 Å². The zero-order valence-electron chi connectivity index (χ0n) is 14.9. The van der Waals surface area contributed by atoms with Crippen LogP contribution >= 0.6 is 15.9 Å². The molecule has 26 heavy (non-hydrogen) atoms. The fraction of sp³-hybridized carbons (Fsp3) is 0.263. The normalized spacial score (nSPS) is 12.7. The lowest BCUT2D eigenvalue weighted by atomic mass is 10.0. The molecule has 2 heterocycles. The van der Waals surface area contributed by atoms with Gasteiger partial charge >= 0.3 is 0 Å². The number of hydrogen-bond acceptors (Lipinski definition) is 6. The van der Waals surface area contributed by atoms with Crippen molar-refractivity contribution in [1.29, 1.82) is 0 Å². The maximum Gasteiger partial charge on any atom is 0.171 e. The number of aliphatic hydroxyl groups is 1. The molecule has 1 unspecified atom stereocenters. The lowest BCUT2D eigenvalue weighted by Crippen LogP contribution is -2.00. The van der Waals surface area contributed by atoms with E-state index in [1.165, 1.54) is 0 Å². The summed E-state index contributed by atoms with van der Waals surface area (Å²) in [4.78, 5) is 0. The van der Waals surface area contributed by atoms with Crippen molar-refractivity contribution >= 4 is 32.9 Å². The number of aryl methyl sites for hydroxylation is 1. The summed E-state index contributed by atoms with van der Waals surface area (Å²) in [5.41, 5.74) is 1.91. The zero-order chi connectivity index (χ0) is 18.8. The minimum absolute atomic E-state index is 0.538. The second kappa shape index (κ2) is 7.47. The van der Waals surface area contributed by atoms with Crippen LogP contribution in [0, 0.1) is 6.92 Å². The molecule has 0 fully saturated rings. The maximum atomic E-state index is 9.61. The van der Waals surface area contributed by atoms with Gasteiger partial charge in [-0.05, 0) is 48.0 Å². The third kappa shape index (κ3) is 3.32. The zero-order valence-corrected chi connectivity index (χ0v) is 16.5. The molecule has 3 rings (SSSR count). The highest BCUT2D eigenvalue weighted by Gasteiger charge is 2.22. The van der Waals surface area contributed by atoms with Crippen molar-refractivity contribution in [3.05, 3.63) is 40.2 Å². The van der Waals surface area contributed by atoms with Gasteiger partial charge in [0.05, 0.1) is 37.0 Å². The van der Waals surface area contributed by atoms with Crippen molar-refractivity contribution < 1.29 is 19.0 Å². The Morgan fingerprint density at radius 3 is 2.58 bits per heavy atom. The highest BCUT2D eigenvalue weighted by molar-refractivity contribution is 9.10. The molecular formula is C19H19BrN2O4. The first-order valence-corrected chi connectivity index (χ1v) is 8.79. The number of benzene rings is 1. The SMILES string of the molecule is COc1cc(Br)c2nnc(/C=C/C(C)O)c(-c3ccc(C)o3)c2c1OC. The number of aromatic nitrogens is 2. The lowest BCUT2D eigenvalue weighted by molar-refractivity contribution is 0.245. The molecule has 0 spiro atoms. The van der Waals surface area contributed by atoms with Gasteiger partial charge in [-0.3, -0.25) is 0 Å². The van der Waals surface area contributed by atoms with Gasteiger partial charge in [0.25, 0.3) is 0 Å². The number of nitrogens with zero attached hydrogens (tertiary/aromatic N) is 2. The standard InChI is InChI=1S/C19H19BrN2O4/c1-10(23)5-7-13-16(14-8-6-11(2)26-14)17-18(22-21-13)12(20)9-15(24-3)19(17)25-4/h5-10,23H,1-4H3/b7-5+. The molecule has 7 heteroatoms. The van der Waals surface area contributed by atoms with Crippen molar-refractivity contribution in [1.82, 2.24) is 10.2 Å². The van der Waals surface area contributed by atoms with Gasteiger partial charge in [-0.2, -0.15) is 0 Å². The summed E-state index contributed by atoms with van der Waals surface area (Å²) in [6.45, 7) is 3.54. The first kappa shape index (κ1) is 18.4. The molecule has 1 N–H and O–H groups in total. The Hall–Kier alpha value is -2.38. The Morgan fingerprint density at radius 2 is 2.00 bits per heavy atom. The molecule has 0 aliphatic rings. The fourth-order valence-corrected chi connectivity index (χ4v) is 3.22. The van der Waals surface area contributed by atoms with Gasteiger partial charge in [-0.15, -0.1) is 10.2 Å². The van der Waals surface area contributed by atoms with E-state index < -0.39 is 6.10 Å². The van der Waals surface area contributed by atoms with Gasteiger partial charge in [0.15, 0.2) is 11.5 Å². The van der Waals surface area contributed by atoms with E-state index >= 15 is 0 Å². The molecule has 136 valence electrons. The Morgan fingerprint density at radius 1 is 1.23 bits per heavy atom. The molecule has 0 aliphatic carbocycles. The van der Waals surface area contributed by atoms with Crippen molar-refractivity contribution in [2.45, 2.75) is 20.0 Å². The van der Waals surface area contributed by atoms with E-state index in [9.17, 15) is 5.11 Å². The Balaban J connectivity index is 2.46. The van der Waals surface area contributed by atoms with E-state index in [2.05, 4.69) is 26.1 Å². The minimum atomic E-state index is -0.613. The lowest BCUT2D eigenvalue weighted by Gasteiger charge is -2.15. The molecule has 0 bridgehead atoms. The fourth-order valence-electron chi connectivity index (χ4n) is 2.73. The van der Waals surface area contributed by atoms with Gasteiger partial charge < -0.3 is 19.0 Å². The summed E-state index contributed by atoms with van der Waals surface area (Å²) < 4.78 is 17.7. The van der Waals surface area contributed by atoms with Gasteiger partial charge in [-0.25, -0.2) is 0 Å². The Bertz CT molecular complexity index is 979. The van der Waals surface area contributed by atoms with Crippen LogP contribution in [-0.2, 0) is 0 Å². The van der Waals surface area contributed by atoms with Crippen LogP contribution in [0.4, 0.5) is 0 Å². The number of ether oxygens (including phenoxy) is 2. The molecule has 0 radical (unpaired) electrons. The summed E-state index contributed by atoms with van der Waals surface area (Å²) in [7, 11) is 3.16. The molecule has 3 aromatic rings. The number of furan rings is 1. The molecule has 0 amide bonds. The predicted molar refractivity (Wildman–Crippen MR) is 103 cm³/mol. The average Bonchev–Trinajstić information content (AvgIpc) is 3.05. The molecular weight excluding hydrogens is 400 g/mol. The first-order valence-electron chi connectivity index (χ1n) is 8.00. The summed E-state index contributed by atoms with van der Waals surface area (Å²) in [6.07, 6.45) is 2.74. The van der Waals surface area contributed by atoms with Crippen LogP contribution in [0.2, 0.25) is 0 Å². The predicted octanol–water partition coefficient (Wildman–Crippen LogP) is 4.37. The number of fused-ring (bicyclic) bond motifs is 1. The molecule has 0 aliphatic heterocycles. The third-order valence-corrected chi connectivity index (χ3v) is 4.48. The van der Waals surface area contributed by atoms with Crippen LogP contribution in [0.15, 0.2) is 33.2 Å². The Labute approximate surface area is 159 Å². The van der Waals surface area contributed by atoms with E-state index in [0.29, 0.717) is 33.9 Å². The molecule has 1 atom stereocenters. The smallest absolute Gasteiger partial charge is 0.171 e. The van der Waals surface area contributed by atoms with Crippen LogP contribution < -0.4 is 9.47 Å². The number of methoxy groups -OCH3 is 2. The second-order valence-corrected chi connectivity index (χ2v) is 6.64. The number of aliphatic hydroxyl groups excluding tert-OH is 1. The molecule has 0 saturated heterocycles. The third-order valence-electron chi connectivity index (χ3n) is 3.88. The van der Waals surface area contributed by atoms with Gasteiger partial charge in [-0.1, -0.05) is 6.08 Å². The van der Waals surface area contributed by atoms with Crippen LogP contribution in [-0.4, -0.2) is 35.6 Å². The Kier molecular flexibility index (Phi) is 5.29. The summed E-state index contributed by atoms with van der Waals surface area (Å²) in [5, 5.41) is 19.0. The first-order chi connectivity index (χ1) is 12.5. The van der Waals surface area contributed by atoms with Crippen molar-refractivity contribution in [2.75, 3.05) is 14.2 Å². The van der Waals surface area contributed by atoms with E-state index in [0.717, 1.165) is 15.8 Å². The van der Waals surface area contributed by atoms with Crippen LogP contribution in [0.5, 0.6) is 11.5 Å². The summed E-state index contributed by atoms with van der Waals surface area (Å²) in [6, 6.07) is 5.54. The summed E-state index contributed by atoms with van der Waals surface area (Å²) in [5.74, 6) is 2.51. The van der Waals surface area contributed by atoms with E-state index in [-0.39, 0.29) is 0 Å². The quantitative estimate of drug-likeness (QED) is 0.662. The monoisotopic (exact) mass is 418 g/mol. The second-order valence-electron chi connectivity index (χ2n) is 5.79. The van der Waals surface area contributed by atoms with E-state index in [1.54, 1.807) is 39.4 Å². The van der Waals surface area contributed by atoms with Gasteiger partial charge in [0.1, 0.15) is 17.0 Å². The highest BCUT2D eigenvalue weighted by Crippen LogP contribution is 2.45. The molecule has 6 nitrogen and oxygen atoms in total. The van der Waals surface area contributed by atoms with Crippen LogP contribution in [0.1, 0.15) is 18.4 Å². The van der Waals surface area contributed by atoms with Crippen LogP contribution in [0.25, 0.3) is 28.3 Å². The highest BCUT2D eigenvalue weighted by atomic mass is 79.9. The maximum absolute atomic E-state index is 9.61. The number of hydrogen-bond donors (Lipinski definition) is 1. The topological polar surface area (TPSA) is 77.6 Å². The van der Waals surface area contributed by atoms with E-state index in [4.69, 9.17) is 13.9 Å². The van der Waals surface area contributed by atoms with Crippen molar-refractivity contribution in [3.63, 3.8) is 0 Å². The van der Waals surface area contributed by atoms with Crippen LogP contribution in [0.3, 0.4) is 0 Å². The molecule has 2 aromatic heterocycles. The van der Waals surface area contributed by atoms with Crippen molar-refractivity contribution in [3.8, 4) is 22.8 Å². The molecule has 0 saturated carbocycles. The number of halogens is 1. The largest absolute Gasteiger partial charge is 0.493 e. The van der Waals surface area contributed by atoms with Crippen molar-refractivity contribution in [2.24, 2.45) is 0 Å². The van der Waals surface area contributed by atoms with E-state index in [1.807, 2.05) is 19.1 Å². The average molecular weight is 419 g/mol. The molecule has 1 aromatic carbocycles. The summed E-state index contributed by atoms with van der Waals surface area (Å²) >= 11 is 3.52. The van der Waals surface area contributed by atoms with Gasteiger partial charge in [0, 0.05) is 10.5 Å².